The molecular weight excluding hydrogens is 434 g/mol. The lowest BCUT2D eigenvalue weighted by atomic mass is 10.0. The fourth-order valence-corrected chi connectivity index (χ4v) is 4.75. The number of ether oxygens (including phenoxy) is 2. The fraction of sp³-hybridized carbons (Fsp3) is 0.423. The molecular formula is C26H31N3O5. The summed E-state index contributed by atoms with van der Waals surface area (Å²) in [5.74, 6) is -0.0748. The van der Waals surface area contributed by atoms with Gasteiger partial charge in [-0.2, -0.15) is 0 Å². The summed E-state index contributed by atoms with van der Waals surface area (Å²) in [7, 11) is 2.99. The summed E-state index contributed by atoms with van der Waals surface area (Å²) < 4.78 is 10.9. The normalized spacial score (nSPS) is 16.1. The summed E-state index contributed by atoms with van der Waals surface area (Å²) in [6.45, 7) is 2.58. The molecule has 0 bridgehead atoms. The molecule has 0 saturated carbocycles. The van der Waals surface area contributed by atoms with Gasteiger partial charge in [-0.25, -0.2) is 0 Å². The lowest BCUT2D eigenvalue weighted by Gasteiger charge is -2.40. The maximum atomic E-state index is 13.6. The number of hydrogen-bond acceptors (Lipinski definition) is 5. The van der Waals surface area contributed by atoms with Gasteiger partial charge < -0.3 is 19.7 Å². The summed E-state index contributed by atoms with van der Waals surface area (Å²) in [6.07, 6.45) is 4.73. The SMILES string of the molecule is CCCCCCCNC(=O)CN1C(=O)c2ccccc2N2C(=O)c3c(ccc(OC)c3OC)C12. The van der Waals surface area contributed by atoms with Gasteiger partial charge in [0, 0.05) is 12.1 Å². The molecule has 180 valence electrons. The molecule has 0 fully saturated rings. The van der Waals surface area contributed by atoms with Crippen LogP contribution in [0.3, 0.4) is 0 Å². The molecule has 1 N–H and O–H groups in total. The van der Waals surface area contributed by atoms with E-state index in [0.29, 0.717) is 40.4 Å². The van der Waals surface area contributed by atoms with Crippen LogP contribution in [-0.2, 0) is 4.79 Å². The van der Waals surface area contributed by atoms with Crippen LogP contribution in [0.25, 0.3) is 0 Å². The van der Waals surface area contributed by atoms with Crippen molar-refractivity contribution in [1.29, 1.82) is 0 Å². The van der Waals surface area contributed by atoms with Crippen LogP contribution >= 0.6 is 0 Å². The zero-order chi connectivity index (χ0) is 24.2. The third-order valence-corrected chi connectivity index (χ3v) is 6.40. The van der Waals surface area contributed by atoms with Crippen LogP contribution in [0.5, 0.6) is 11.5 Å². The van der Waals surface area contributed by atoms with Gasteiger partial charge in [0.15, 0.2) is 11.5 Å². The number of carbonyl (C=O) groups is 3. The largest absolute Gasteiger partial charge is 0.493 e. The number of fused-ring (bicyclic) bond motifs is 5. The Labute approximate surface area is 199 Å². The first-order chi connectivity index (χ1) is 16.5. The second-order valence-electron chi connectivity index (χ2n) is 8.53. The molecule has 4 rings (SSSR count). The third-order valence-electron chi connectivity index (χ3n) is 6.40. The van der Waals surface area contributed by atoms with E-state index in [1.807, 2.05) is 0 Å². The van der Waals surface area contributed by atoms with E-state index in [-0.39, 0.29) is 24.3 Å². The van der Waals surface area contributed by atoms with Crippen LogP contribution in [0.2, 0.25) is 0 Å². The van der Waals surface area contributed by atoms with Crippen LogP contribution in [0.1, 0.15) is 71.5 Å². The number of para-hydroxylation sites is 1. The third kappa shape index (κ3) is 4.08. The lowest BCUT2D eigenvalue weighted by Crippen LogP contribution is -2.51. The highest BCUT2D eigenvalue weighted by molar-refractivity contribution is 6.18. The van der Waals surface area contributed by atoms with Crippen molar-refractivity contribution >= 4 is 23.4 Å². The Bertz CT molecular complexity index is 1100. The average molecular weight is 466 g/mol. The number of hydrogen-bond donors (Lipinski definition) is 1. The first-order valence-electron chi connectivity index (χ1n) is 11.8. The van der Waals surface area contributed by atoms with Gasteiger partial charge in [-0.15, -0.1) is 0 Å². The predicted octanol–water partition coefficient (Wildman–Crippen LogP) is 3.91. The number of carbonyl (C=O) groups excluding carboxylic acids is 3. The summed E-state index contributed by atoms with van der Waals surface area (Å²) in [6, 6.07) is 10.5. The van der Waals surface area contributed by atoms with Crippen molar-refractivity contribution in [3.05, 3.63) is 53.1 Å². The Morgan fingerprint density at radius 1 is 0.971 bits per heavy atom. The maximum Gasteiger partial charge on any atom is 0.264 e. The minimum Gasteiger partial charge on any atom is -0.493 e. The second-order valence-corrected chi connectivity index (χ2v) is 8.53. The van der Waals surface area contributed by atoms with Gasteiger partial charge in [-0.3, -0.25) is 19.3 Å². The highest BCUT2D eigenvalue weighted by atomic mass is 16.5. The number of methoxy groups -OCH3 is 2. The summed E-state index contributed by atoms with van der Waals surface area (Å²) >= 11 is 0. The maximum absolute atomic E-state index is 13.6. The molecule has 2 aromatic rings. The van der Waals surface area contributed by atoms with E-state index in [9.17, 15) is 14.4 Å². The summed E-state index contributed by atoms with van der Waals surface area (Å²) in [5, 5.41) is 2.93. The van der Waals surface area contributed by atoms with Gasteiger partial charge in [0.25, 0.3) is 11.8 Å². The molecule has 3 amide bonds. The minimum atomic E-state index is -0.736. The smallest absolute Gasteiger partial charge is 0.264 e. The Morgan fingerprint density at radius 3 is 2.47 bits per heavy atom. The molecule has 0 aliphatic carbocycles. The topological polar surface area (TPSA) is 88.2 Å². The van der Waals surface area contributed by atoms with E-state index in [4.69, 9.17) is 9.47 Å². The number of benzene rings is 2. The summed E-state index contributed by atoms with van der Waals surface area (Å²) in [4.78, 5) is 43.0. The highest BCUT2D eigenvalue weighted by Gasteiger charge is 2.50. The van der Waals surface area contributed by atoms with E-state index < -0.39 is 6.17 Å². The quantitative estimate of drug-likeness (QED) is 0.538. The highest BCUT2D eigenvalue weighted by Crippen LogP contribution is 2.49. The van der Waals surface area contributed by atoms with E-state index in [0.717, 1.165) is 19.3 Å². The number of anilines is 1. The van der Waals surface area contributed by atoms with Crippen molar-refractivity contribution in [2.75, 3.05) is 32.2 Å². The van der Waals surface area contributed by atoms with Gasteiger partial charge in [-0.1, -0.05) is 50.8 Å². The molecule has 8 nitrogen and oxygen atoms in total. The standard InChI is InChI=1S/C26H31N3O5/c1-4-5-6-7-10-15-27-21(30)16-28-24-18-13-14-20(33-2)23(34-3)22(18)26(32)29(24)19-12-9-8-11-17(19)25(28)31/h8-9,11-14,24H,4-7,10,15-16H2,1-3H3,(H,27,30). The van der Waals surface area contributed by atoms with Crippen molar-refractivity contribution in [2.24, 2.45) is 0 Å². The van der Waals surface area contributed by atoms with Crippen molar-refractivity contribution in [3.8, 4) is 11.5 Å². The molecule has 2 aromatic carbocycles. The number of unbranched alkanes of at least 4 members (excludes halogenated alkanes) is 4. The number of rotatable bonds is 10. The van der Waals surface area contributed by atoms with Crippen LogP contribution in [0.15, 0.2) is 36.4 Å². The van der Waals surface area contributed by atoms with Crippen molar-refractivity contribution in [3.63, 3.8) is 0 Å². The van der Waals surface area contributed by atoms with Crippen molar-refractivity contribution in [1.82, 2.24) is 10.2 Å². The first kappa shape index (κ1) is 23.6. The number of amides is 3. The van der Waals surface area contributed by atoms with Crippen LogP contribution in [-0.4, -0.2) is 49.9 Å². The summed E-state index contributed by atoms with van der Waals surface area (Å²) in [5.41, 5.74) is 1.86. The van der Waals surface area contributed by atoms with Gasteiger partial charge in [0.1, 0.15) is 12.7 Å². The number of nitrogens with one attached hydrogen (secondary N) is 1. The zero-order valence-electron chi connectivity index (χ0n) is 19.9. The molecule has 0 aromatic heterocycles. The van der Waals surface area contributed by atoms with Crippen LogP contribution in [0, 0.1) is 0 Å². The zero-order valence-corrected chi connectivity index (χ0v) is 19.9. The first-order valence-corrected chi connectivity index (χ1v) is 11.8. The molecule has 0 spiro atoms. The van der Waals surface area contributed by atoms with Crippen molar-refractivity contribution < 1.29 is 23.9 Å². The Morgan fingerprint density at radius 2 is 1.74 bits per heavy atom. The molecule has 0 radical (unpaired) electrons. The molecule has 8 heteroatoms. The van der Waals surface area contributed by atoms with E-state index in [1.165, 1.54) is 32.0 Å². The molecule has 2 heterocycles. The molecule has 2 aliphatic heterocycles. The molecule has 2 aliphatic rings. The molecule has 1 unspecified atom stereocenters. The monoisotopic (exact) mass is 465 g/mol. The number of nitrogens with zero attached hydrogens (tertiary/aromatic N) is 2. The second kappa shape index (κ2) is 10.2. The fourth-order valence-electron chi connectivity index (χ4n) is 4.75. The van der Waals surface area contributed by atoms with Gasteiger partial charge in [0.2, 0.25) is 5.91 Å². The molecule has 0 saturated heterocycles. The van der Waals surface area contributed by atoms with Gasteiger partial charge in [-0.05, 0) is 24.6 Å². The van der Waals surface area contributed by atoms with E-state index >= 15 is 0 Å². The van der Waals surface area contributed by atoms with Gasteiger partial charge in [0.05, 0.1) is 31.0 Å². The predicted molar refractivity (Wildman–Crippen MR) is 128 cm³/mol. The Kier molecular flexibility index (Phi) is 7.05. The Balaban J connectivity index is 1.64. The van der Waals surface area contributed by atoms with Crippen LogP contribution < -0.4 is 19.7 Å². The Hall–Kier alpha value is -3.55. The van der Waals surface area contributed by atoms with Crippen LogP contribution in [0.4, 0.5) is 5.69 Å². The molecule has 1 atom stereocenters. The average Bonchev–Trinajstić information content (AvgIpc) is 3.15. The lowest BCUT2D eigenvalue weighted by molar-refractivity contribution is -0.122. The van der Waals surface area contributed by atoms with E-state index in [2.05, 4.69) is 12.2 Å². The molecule has 34 heavy (non-hydrogen) atoms. The van der Waals surface area contributed by atoms with Crippen molar-refractivity contribution in [2.45, 2.75) is 45.2 Å². The van der Waals surface area contributed by atoms with Gasteiger partial charge >= 0.3 is 0 Å². The minimum absolute atomic E-state index is 0.148. The van der Waals surface area contributed by atoms with E-state index in [1.54, 1.807) is 41.3 Å².